The summed E-state index contributed by atoms with van der Waals surface area (Å²) in [6, 6.07) is 9.81. The molecule has 4 rings (SSSR count). The van der Waals surface area contributed by atoms with Crippen molar-refractivity contribution in [3.63, 3.8) is 0 Å². The van der Waals surface area contributed by atoms with Crippen molar-refractivity contribution in [1.29, 1.82) is 0 Å². The molecule has 132 valence electrons. The minimum atomic E-state index is -1.07. The molecule has 4 nitrogen and oxygen atoms in total. The molecule has 1 fully saturated rings. The van der Waals surface area contributed by atoms with E-state index < -0.39 is 5.72 Å². The molecule has 1 aromatic heterocycles. The van der Waals surface area contributed by atoms with E-state index in [1.54, 1.807) is 0 Å². The van der Waals surface area contributed by atoms with Gasteiger partial charge in [-0.3, -0.25) is 0 Å². The summed E-state index contributed by atoms with van der Waals surface area (Å²) < 4.78 is 2.06. The highest BCUT2D eigenvalue weighted by atomic mass is 35.5. The van der Waals surface area contributed by atoms with Crippen LogP contribution < -0.4 is 9.47 Å². The molecular formula is C20H25ClN3O+. The van der Waals surface area contributed by atoms with Crippen LogP contribution in [0, 0.1) is 0 Å². The zero-order valence-electron chi connectivity index (χ0n) is 14.4. The van der Waals surface area contributed by atoms with Gasteiger partial charge < -0.3 is 5.11 Å². The predicted octanol–water partition coefficient (Wildman–Crippen LogP) is 3.80. The Morgan fingerprint density at radius 1 is 1.08 bits per heavy atom. The van der Waals surface area contributed by atoms with Crippen LogP contribution in [-0.2, 0) is 12.3 Å². The molecular weight excluding hydrogens is 334 g/mol. The van der Waals surface area contributed by atoms with Crippen molar-refractivity contribution in [3.05, 3.63) is 53.3 Å². The lowest BCUT2D eigenvalue weighted by atomic mass is 9.92. The lowest BCUT2D eigenvalue weighted by Gasteiger charge is -2.35. The van der Waals surface area contributed by atoms with E-state index in [1.165, 1.54) is 32.1 Å². The summed E-state index contributed by atoms with van der Waals surface area (Å²) in [5.41, 5.74) is -0.194. The van der Waals surface area contributed by atoms with E-state index >= 15 is 0 Å². The fourth-order valence-electron chi connectivity index (χ4n) is 4.30. The molecule has 2 heterocycles. The summed E-state index contributed by atoms with van der Waals surface area (Å²) in [6.07, 6.45) is 12.4. The maximum atomic E-state index is 11.8. The number of hydrogen-bond acceptors (Lipinski definition) is 3. The molecule has 0 amide bonds. The number of halogens is 1. The Morgan fingerprint density at radius 2 is 1.76 bits per heavy atom. The van der Waals surface area contributed by atoms with Crippen molar-refractivity contribution in [2.24, 2.45) is 0 Å². The second kappa shape index (κ2) is 6.93. The second-order valence-electron chi connectivity index (χ2n) is 7.24. The maximum absolute atomic E-state index is 11.8. The molecule has 1 saturated carbocycles. The number of aromatic nitrogens is 2. The Bertz CT molecular complexity index is 728. The van der Waals surface area contributed by atoms with Gasteiger partial charge in [0.1, 0.15) is 12.7 Å². The average Bonchev–Trinajstić information content (AvgIpc) is 2.89. The summed E-state index contributed by atoms with van der Waals surface area (Å²) >= 11 is 6.06. The Hall–Kier alpha value is -1.65. The SMILES string of the molecule is O[C@@]1(c2ccc(Cl)cc2)C[n+]2cccnc2N1C1CCCCCCC1. The van der Waals surface area contributed by atoms with Gasteiger partial charge in [0.05, 0.1) is 12.2 Å². The first-order chi connectivity index (χ1) is 12.2. The van der Waals surface area contributed by atoms with E-state index in [4.69, 9.17) is 11.6 Å². The monoisotopic (exact) mass is 358 g/mol. The molecule has 1 aliphatic heterocycles. The quantitative estimate of drug-likeness (QED) is 0.830. The lowest BCUT2D eigenvalue weighted by Crippen LogP contribution is -2.50. The van der Waals surface area contributed by atoms with Crippen molar-refractivity contribution in [2.75, 3.05) is 4.90 Å². The van der Waals surface area contributed by atoms with Crippen molar-refractivity contribution in [3.8, 4) is 0 Å². The standard InChI is InChI=1S/C20H25ClN3O/c21-17-11-9-16(10-12-17)20(25)15-23-14-6-13-22-19(23)24(20)18-7-4-2-1-3-5-8-18/h6,9-14,18,25H,1-5,7-8,15H2/q+1/t20-/m1/s1. The van der Waals surface area contributed by atoms with E-state index in [-0.39, 0.29) is 0 Å². The molecule has 0 spiro atoms. The normalized spacial score (nSPS) is 24.6. The van der Waals surface area contributed by atoms with E-state index in [2.05, 4.69) is 14.5 Å². The number of rotatable bonds is 2. The van der Waals surface area contributed by atoms with Crippen LogP contribution in [0.25, 0.3) is 0 Å². The number of anilines is 1. The van der Waals surface area contributed by atoms with Gasteiger partial charge in [-0.1, -0.05) is 60.8 Å². The fourth-order valence-corrected chi connectivity index (χ4v) is 4.43. The van der Waals surface area contributed by atoms with Crippen LogP contribution >= 0.6 is 11.6 Å². The fraction of sp³-hybridized carbons (Fsp3) is 0.500. The third kappa shape index (κ3) is 3.13. The minimum Gasteiger partial charge on any atom is -0.353 e. The highest BCUT2D eigenvalue weighted by Gasteiger charge is 2.54. The van der Waals surface area contributed by atoms with Crippen LogP contribution in [0.1, 0.15) is 50.5 Å². The largest absolute Gasteiger partial charge is 0.397 e. The van der Waals surface area contributed by atoms with Gasteiger partial charge in [-0.25, -0.2) is 9.47 Å². The molecule has 2 aromatic rings. The molecule has 0 radical (unpaired) electrons. The molecule has 1 atom stereocenters. The van der Waals surface area contributed by atoms with Crippen molar-refractivity contribution >= 4 is 17.5 Å². The third-order valence-corrected chi connectivity index (χ3v) is 5.80. The minimum absolute atomic E-state index is 0.310. The van der Waals surface area contributed by atoms with Gasteiger partial charge in [-0.2, -0.15) is 0 Å². The molecule has 0 bridgehead atoms. The van der Waals surface area contributed by atoms with Crippen LogP contribution in [0.5, 0.6) is 0 Å². The van der Waals surface area contributed by atoms with Gasteiger partial charge in [-0.15, -0.1) is 0 Å². The number of fused-ring (bicyclic) bond motifs is 1. The van der Waals surface area contributed by atoms with Gasteiger partial charge in [0, 0.05) is 16.7 Å². The Kier molecular flexibility index (Phi) is 4.65. The van der Waals surface area contributed by atoms with Gasteiger partial charge in [0.2, 0.25) is 5.72 Å². The average molecular weight is 359 g/mol. The highest BCUT2D eigenvalue weighted by Crippen LogP contribution is 2.38. The van der Waals surface area contributed by atoms with Crippen LogP contribution in [0.3, 0.4) is 0 Å². The highest BCUT2D eigenvalue weighted by molar-refractivity contribution is 6.30. The molecule has 2 aliphatic rings. The molecule has 1 N–H and O–H groups in total. The maximum Gasteiger partial charge on any atom is 0.397 e. The van der Waals surface area contributed by atoms with Crippen molar-refractivity contribution in [1.82, 2.24) is 4.98 Å². The predicted molar refractivity (Wildman–Crippen MR) is 98.4 cm³/mol. The van der Waals surface area contributed by atoms with Gasteiger partial charge in [0.25, 0.3) is 0 Å². The number of benzene rings is 1. The third-order valence-electron chi connectivity index (χ3n) is 5.55. The van der Waals surface area contributed by atoms with E-state index in [9.17, 15) is 5.11 Å². The zero-order valence-corrected chi connectivity index (χ0v) is 15.2. The van der Waals surface area contributed by atoms with Crippen LogP contribution in [0.4, 0.5) is 5.95 Å². The van der Waals surface area contributed by atoms with Crippen LogP contribution in [-0.4, -0.2) is 16.1 Å². The van der Waals surface area contributed by atoms with Crippen molar-refractivity contribution in [2.45, 2.75) is 63.3 Å². The topological polar surface area (TPSA) is 40.2 Å². The Morgan fingerprint density at radius 3 is 2.48 bits per heavy atom. The first kappa shape index (κ1) is 16.8. The number of hydrogen-bond donors (Lipinski definition) is 1. The lowest BCUT2D eigenvalue weighted by molar-refractivity contribution is -0.685. The molecule has 0 unspecified atom stereocenters. The number of nitrogens with zero attached hydrogens (tertiary/aromatic N) is 3. The Balaban J connectivity index is 1.75. The second-order valence-corrected chi connectivity index (χ2v) is 7.68. The van der Waals surface area contributed by atoms with Gasteiger partial charge in [-0.05, 0) is 25.0 Å². The van der Waals surface area contributed by atoms with E-state index in [1.807, 2.05) is 42.7 Å². The molecule has 1 aliphatic carbocycles. The summed E-state index contributed by atoms with van der Waals surface area (Å²) in [6.45, 7) is 0.494. The smallest absolute Gasteiger partial charge is 0.353 e. The van der Waals surface area contributed by atoms with Crippen LogP contribution in [0.2, 0.25) is 5.02 Å². The summed E-state index contributed by atoms with van der Waals surface area (Å²) in [7, 11) is 0. The van der Waals surface area contributed by atoms with E-state index in [0.29, 0.717) is 17.6 Å². The van der Waals surface area contributed by atoms with Crippen LogP contribution in [0.15, 0.2) is 42.7 Å². The summed E-state index contributed by atoms with van der Waals surface area (Å²) in [5, 5.41) is 12.5. The van der Waals surface area contributed by atoms with E-state index in [0.717, 1.165) is 24.4 Å². The summed E-state index contributed by atoms with van der Waals surface area (Å²) in [5.74, 6) is 0.866. The molecule has 0 saturated heterocycles. The molecule has 5 heteroatoms. The first-order valence-electron chi connectivity index (χ1n) is 9.31. The summed E-state index contributed by atoms with van der Waals surface area (Å²) in [4.78, 5) is 6.78. The zero-order chi connectivity index (χ0) is 17.3. The molecule has 25 heavy (non-hydrogen) atoms. The first-order valence-corrected chi connectivity index (χ1v) is 9.68. The van der Waals surface area contributed by atoms with Crippen molar-refractivity contribution < 1.29 is 9.67 Å². The van der Waals surface area contributed by atoms with Gasteiger partial charge in [0.15, 0.2) is 0 Å². The Labute approximate surface area is 154 Å². The van der Waals surface area contributed by atoms with Gasteiger partial charge >= 0.3 is 5.95 Å². The molecule has 1 aromatic carbocycles. The number of aliphatic hydroxyl groups is 1.